The number of carboxylic acids is 6. The summed E-state index contributed by atoms with van der Waals surface area (Å²) in [5, 5.41) is 57.2. The molecule has 3 aromatic carbocycles. The summed E-state index contributed by atoms with van der Waals surface area (Å²) in [5.74, 6) is -10.7. The van der Waals surface area contributed by atoms with Crippen LogP contribution >= 0.6 is 0 Å². The van der Waals surface area contributed by atoms with E-state index in [-0.39, 0.29) is 16.7 Å². The number of rotatable bonds is 8. The standard InChI is InChI=1S/C24H14O12/c25-19(26)12-6-5-9(7-14(12)20(27)28)10-3-1-2-4-11(10)13-8-15(21(29)30)17(23(33)34)18(24(35)36)16(13)22(31)32/h1-8H,(H,25,26)(H,27,28)(H,29,30)(H,31,32)(H,33,34)(H,35,36). The van der Waals surface area contributed by atoms with Gasteiger partial charge in [-0.3, -0.25) is 0 Å². The predicted molar refractivity (Wildman–Crippen MR) is 119 cm³/mol. The van der Waals surface area contributed by atoms with Crippen LogP contribution in [0.1, 0.15) is 62.1 Å². The van der Waals surface area contributed by atoms with Crippen LogP contribution in [0, 0.1) is 0 Å². The Labute approximate surface area is 199 Å². The van der Waals surface area contributed by atoms with Gasteiger partial charge in [0, 0.05) is 0 Å². The zero-order valence-corrected chi connectivity index (χ0v) is 17.8. The highest BCUT2D eigenvalue weighted by Crippen LogP contribution is 2.38. The van der Waals surface area contributed by atoms with Crippen molar-refractivity contribution in [1.82, 2.24) is 0 Å². The summed E-state index contributed by atoms with van der Waals surface area (Å²) < 4.78 is 0. The highest BCUT2D eigenvalue weighted by molar-refractivity contribution is 6.17. The Morgan fingerprint density at radius 3 is 1.39 bits per heavy atom. The minimum Gasteiger partial charge on any atom is -0.478 e. The van der Waals surface area contributed by atoms with E-state index >= 15 is 0 Å². The number of benzene rings is 3. The van der Waals surface area contributed by atoms with E-state index in [2.05, 4.69) is 0 Å². The van der Waals surface area contributed by atoms with E-state index in [1.54, 1.807) is 0 Å². The molecule has 12 heteroatoms. The third-order valence-corrected chi connectivity index (χ3v) is 5.21. The van der Waals surface area contributed by atoms with Crippen LogP contribution in [0.4, 0.5) is 0 Å². The van der Waals surface area contributed by atoms with Gasteiger partial charge in [0.05, 0.1) is 33.4 Å². The van der Waals surface area contributed by atoms with Gasteiger partial charge < -0.3 is 30.6 Å². The van der Waals surface area contributed by atoms with E-state index in [9.17, 15) is 59.4 Å². The summed E-state index contributed by atoms with van der Waals surface area (Å²) in [5.41, 5.74) is -5.95. The molecule has 0 saturated heterocycles. The van der Waals surface area contributed by atoms with E-state index in [1.165, 1.54) is 30.3 Å². The van der Waals surface area contributed by atoms with Crippen LogP contribution in [-0.2, 0) is 0 Å². The predicted octanol–water partition coefficient (Wildman–Crippen LogP) is 3.21. The quantitative estimate of drug-likeness (QED) is 0.265. The van der Waals surface area contributed by atoms with Crippen LogP contribution in [-0.4, -0.2) is 66.5 Å². The Morgan fingerprint density at radius 1 is 0.417 bits per heavy atom. The average Bonchev–Trinajstić information content (AvgIpc) is 2.81. The lowest BCUT2D eigenvalue weighted by atomic mass is 9.85. The number of hydrogen-bond donors (Lipinski definition) is 6. The maximum Gasteiger partial charge on any atom is 0.337 e. The lowest BCUT2D eigenvalue weighted by Crippen LogP contribution is -2.20. The van der Waals surface area contributed by atoms with Gasteiger partial charge in [-0.15, -0.1) is 0 Å². The van der Waals surface area contributed by atoms with Gasteiger partial charge in [-0.2, -0.15) is 0 Å². The van der Waals surface area contributed by atoms with E-state index in [4.69, 9.17) is 0 Å². The molecule has 182 valence electrons. The van der Waals surface area contributed by atoms with Gasteiger partial charge in [-0.25, -0.2) is 28.8 Å². The summed E-state index contributed by atoms with van der Waals surface area (Å²) in [6, 6.07) is 9.50. The fraction of sp³-hybridized carbons (Fsp3) is 0. The zero-order valence-electron chi connectivity index (χ0n) is 17.8. The largest absolute Gasteiger partial charge is 0.478 e. The Kier molecular flexibility index (Phi) is 6.54. The normalized spacial score (nSPS) is 10.4. The molecule has 0 atom stereocenters. The number of hydrogen-bond acceptors (Lipinski definition) is 6. The van der Waals surface area contributed by atoms with Crippen LogP contribution < -0.4 is 0 Å². The van der Waals surface area contributed by atoms with Crippen LogP contribution in [0.2, 0.25) is 0 Å². The Hall–Kier alpha value is -5.52. The summed E-state index contributed by atoms with van der Waals surface area (Å²) in [7, 11) is 0. The first-order chi connectivity index (χ1) is 16.9. The average molecular weight is 494 g/mol. The van der Waals surface area contributed by atoms with Gasteiger partial charge in [0.1, 0.15) is 0 Å². The first kappa shape index (κ1) is 25.1. The molecule has 0 unspecified atom stereocenters. The van der Waals surface area contributed by atoms with Crippen LogP contribution in [0.3, 0.4) is 0 Å². The van der Waals surface area contributed by atoms with Crippen LogP contribution in [0.15, 0.2) is 48.5 Å². The van der Waals surface area contributed by atoms with Crippen molar-refractivity contribution in [1.29, 1.82) is 0 Å². The topological polar surface area (TPSA) is 224 Å². The molecule has 36 heavy (non-hydrogen) atoms. The van der Waals surface area contributed by atoms with Gasteiger partial charge in [-0.05, 0) is 40.5 Å². The molecule has 0 radical (unpaired) electrons. The van der Waals surface area contributed by atoms with Crippen molar-refractivity contribution in [3.05, 3.63) is 81.9 Å². The molecule has 0 bridgehead atoms. The van der Waals surface area contributed by atoms with Gasteiger partial charge in [0.15, 0.2) is 0 Å². The number of carboxylic acid groups (broad SMARTS) is 6. The molecule has 0 heterocycles. The van der Waals surface area contributed by atoms with Crippen molar-refractivity contribution in [3.63, 3.8) is 0 Å². The highest BCUT2D eigenvalue weighted by Gasteiger charge is 2.33. The van der Waals surface area contributed by atoms with Gasteiger partial charge in [0.2, 0.25) is 0 Å². The fourth-order valence-corrected chi connectivity index (χ4v) is 3.77. The second-order valence-corrected chi connectivity index (χ2v) is 7.23. The van der Waals surface area contributed by atoms with Crippen molar-refractivity contribution >= 4 is 35.8 Å². The van der Waals surface area contributed by atoms with Crippen LogP contribution in [0.25, 0.3) is 22.3 Å². The monoisotopic (exact) mass is 494 g/mol. The fourth-order valence-electron chi connectivity index (χ4n) is 3.77. The van der Waals surface area contributed by atoms with Gasteiger partial charge in [-0.1, -0.05) is 30.3 Å². The molecule has 0 aliphatic heterocycles. The highest BCUT2D eigenvalue weighted by atomic mass is 16.4. The third kappa shape index (κ3) is 4.33. The molecule has 0 amide bonds. The van der Waals surface area contributed by atoms with Crippen molar-refractivity contribution < 1.29 is 59.4 Å². The Bertz CT molecular complexity index is 1500. The maximum atomic E-state index is 12.1. The number of aromatic carboxylic acids is 6. The van der Waals surface area contributed by atoms with E-state index in [0.717, 1.165) is 12.1 Å². The summed E-state index contributed by atoms with van der Waals surface area (Å²) >= 11 is 0. The lowest BCUT2D eigenvalue weighted by Gasteiger charge is -2.17. The number of carbonyl (C=O) groups is 6. The second kappa shape index (κ2) is 9.38. The first-order valence-corrected chi connectivity index (χ1v) is 9.71. The molecule has 3 rings (SSSR count). The van der Waals surface area contributed by atoms with Gasteiger partial charge in [0.25, 0.3) is 0 Å². The third-order valence-electron chi connectivity index (χ3n) is 5.21. The van der Waals surface area contributed by atoms with Crippen molar-refractivity contribution in [3.8, 4) is 22.3 Å². The Morgan fingerprint density at radius 2 is 0.917 bits per heavy atom. The van der Waals surface area contributed by atoms with E-state index in [0.29, 0.717) is 6.07 Å². The van der Waals surface area contributed by atoms with E-state index < -0.39 is 74.8 Å². The first-order valence-electron chi connectivity index (χ1n) is 9.71. The minimum absolute atomic E-state index is 0.0729. The zero-order chi connectivity index (χ0) is 26.9. The summed E-state index contributed by atoms with van der Waals surface area (Å²) in [6.45, 7) is 0. The summed E-state index contributed by atoms with van der Waals surface area (Å²) in [6.07, 6.45) is 0. The molecule has 0 aromatic heterocycles. The molecule has 0 saturated carbocycles. The SMILES string of the molecule is O=C(O)c1ccc(-c2ccccc2-c2cc(C(=O)O)c(C(=O)O)c(C(=O)O)c2C(=O)O)cc1C(=O)O. The van der Waals surface area contributed by atoms with Gasteiger partial charge >= 0.3 is 35.8 Å². The molecule has 12 nitrogen and oxygen atoms in total. The molecule has 0 aliphatic carbocycles. The molecule has 3 aromatic rings. The molecular weight excluding hydrogens is 480 g/mol. The maximum absolute atomic E-state index is 12.1. The Balaban J connectivity index is 2.49. The summed E-state index contributed by atoms with van der Waals surface area (Å²) in [4.78, 5) is 70.6. The second-order valence-electron chi connectivity index (χ2n) is 7.23. The molecule has 0 fully saturated rings. The molecule has 0 aliphatic rings. The minimum atomic E-state index is -1.99. The smallest absolute Gasteiger partial charge is 0.337 e. The van der Waals surface area contributed by atoms with Crippen molar-refractivity contribution in [2.75, 3.05) is 0 Å². The van der Waals surface area contributed by atoms with Crippen LogP contribution in [0.5, 0.6) is 0 Å². The van der Waals surface area contributed by atoms with Crippen molar-refractivity contribution in [2.24, 2.45) is 0 Å². The molecular formula is C24H14O12. The molecule has 6 N–H and O–H groups in total. The van der Waals surface area contributed by atoms with Crippen molar-refractivity contribution in [2.45, 2.75) is 0 Å². The van der Waals surface area contributed by atoms with E-state index in [1.807, 2.05) is 0 Å². The molecule has 0 spiro atoms. The lowest BCUT2D eigenvalue weighted by molar-refractivity contribution is 0.0620.